The third kappa shape index (κ3) is 12.5. The molecule has 0 saturated heterocycles. The second-order valence-electron chi connectivity index (χ2n) is 14.6. The Bertz CT molecular complexity index is 3460. The van der Waals surface area contributed by atoms with Crippen molar-refractivity contribution < 1.29 is 48.6 Å². The average molecular weight is 1050 g/mol. The molecule has 0 amide bonds. The summed E-state index contributed by atoms with van der Waals surface area (Å²) in [5.41, 5.74) is 3.98. The number of nitrogens with one attached hydrogen (secondary N) is 3. The van der Waals surface area contributed by atoms with Crippen molar-refractivity contribution in [2.24, 2.45) is 0 Å². The van der Waals surface area contributed by atoms with Crippen LogP contribution in [0.3, 0.4) is 0 Å². The lowest BCUT2D eigenvalue weighted by Crippen LogP contribution is -2.13. The lowest BCUT2D eigenvalue weighted by molar-refractivity contribution is 0.356. The van der Waals surface area contributed by atoms with Crippen molar-refractivity contribution in [3.63, 3.8) is 0 Å². The summed E-state index contributed by atoms with van der Waals surface area (Å²) in [7, 11) is -6.88. The van der Waals surface area contributed by atoms with Gasteiger partial charge in [-0.05, 0) is 127 Å². The van der Waals surface area contributed by atoms with E-state index in [4.69, 9.17) is 58.2 Å². The molecular weight excluding hydrogens is 1010 g/mol. The van der Waals surface area contributed by atoms with E-state index in [9.17, 15) is 25.3 Å². The molecule has 6 aromatic carbocycles. The minimum Gasteiger partial charge on any atom is -0.495 e. The fraction of sp³-hybridized carbons (Fsp3) is 0.104. The Balaban J connectivity index is 0.000000153. The van der Waals surface area contributed by atoms with Crippen LogP contribution in [0, 0.1) is 0 Å². The number of sulfonamides is 3. The fourth-order valence-electron chi connectivity index (χ4n) is 6.67. The van der Waals surface area contributed by atoms with Gasteiger partial charge in [-0.25, -0.2) is 25.3 Å². The number of anilines is 3. The molecule has 0 unspecified atom stereocenters. The van der Waals surface area contributed by atoms with Crippen LogP contribution in [0.2, 0.25) is 15.1 Å². The van der Waals surface area contributed by atoms with E-state index in [0.29, 0.717) is 62.0 Å². The minimum absolute atomic E-state index is 0.128. The molecule has 8 aromatic rings. The van der Waals surface area contributed by atoms with Gasteiger partial charge in [0.15, 0.2) is 0 Å². The molecule has 0 bridgehead atoms. The number of ether oxygens (including phenoxy) is 4. The second kappa shape index (κ2) is 21.7. The first-order valence-corrected chi connectivity index (χ1v) is 25.9. The SMILES string of the molecule is COc1ccc(Cl)cc1NS(=O)(=O)c1ccc(-c2ccccn2)cc1.COc1ccc(Cl)cc1NS(=O)(=O)c1ccc2c(c1)CCO2.COc1ccc(Cl)cc1NS(=O)(=O)c1ccc2occc2c1. The van der Waals surface area contributed by atoms with Crippen molar-refractivity contribution in [3.05, 3.63) is 173 Å². The van der Waals surface area contributed by atoms with Gasteiger partial charge in [0, 0.05) is 38.6 Å². The van der Waals surface area contributed by atoms with Gasteiger partial charge in [0.1, 0.15) is 28.6 Å². The van der Waals surface area contributed by atoms with E-state index in [1.165, 1.54) is 76.1 Å². The normalized spacial score (nSPS) is 12.0. The molecule has 69 heavy (non-hydrogen) atoms. The molecule has 15 nitrogen and oxygen atoms in total. The Labute approximate surface area is 414 Å². The van der Waals surface area contributed by atoms with E-state index >= 15 is 0 Å². The van der Waals surface area contributed by atoms with Crippen molar-refractivity contribution in [1.82, 2.24) is 4.98 Å². The van der Waals surface area contributed by atoms with Crippen LogP contribution in [0.25, 0.3) is 22.2 Å². The fourth-order valence-corrected chi connectivity index (χ4v) is 10.5. The molecule has 358 valence electrons. The molecule has 21 heteroatoms. The predicted molar refractivity (Wildman–Crippen MR) is 268 cm³/mol. The van der Waals surface area contributed by atoms with Gasteiger partial charge in [-0.1, -0.05) is 53.0 Å². The first-order valence-electron chi connectivity index (χ1n) is 20.3. The molecule has 0 atom stereocenters. The van der Waals surface area contributed by atoms with Gasteiger partial charge < -0.3 is 23.4 Å². The lowest BCUT2D eigenvalue weighted by Gasteiger charge is -2.12. The van der Waals surface area contributed by atoms with Gasteiger partial charge in [0.2, 0.25) is 0 Å². The smallest absolute Gasteiger partial charge is 0.262 e. The van der Waals surface area contributed by atoms with Crippen LogP contribution in [-0.2, 0) is 36.5 Å². The Morgan fingerprint density at radius 1 is 0.536 bits per heavy atom. The number of halogens is 3. The molecule has 1 aliphatic heterocycles. The summed E-state index contributed by atoms with van der Waals surface area (Å²) in [6.07, 6.45) is 3.90. The van der Waals surface area contributed by atoms with Crippen molar-refractivity contribution >= 4 is 92.9 Å². The maximum absolute atomic E-state index is 12.6. The number of pyridine rings is 1. The third-order valence-electron chi connectivity index (χ3n) is 10.0. The van der Waals surface area contributed by atoms with Crippen LogP contribution < -0.4 is 33.1 Å². The quantitative estimate of drug-likeness (QED) is 0.0988. The molecule has 0 saturated carbocycles. The van der Waals surface area contributed by atoms with E-state index in [0.717, 1.165) is 22.6 Å². The van der Waals surface area contributed by atoms with Crippen molar-refractivity contribution in [1.29, 1.82) is 0 Å². The van der Waals surface area contributed by atoms with Gasteiger partial charge in [-0.3, -0.25) is 19.2 Å². The standard InChI is InChI=1S/C18H15ClN2O3S.C15H14ClNO4S.C15H12ClNO4S/c1-24-18-10-7-14(19)12-17(18)21-25(22,23)15-8-5-13(6-9-15)16-4-2-3-11-20-16;2*1-20-15-4-2-11(16)9-13(15)17-22(18,19)12-3-5-14-10(8-12)6-7-21-14/h2-12,21H,1H3;2-5,8-9,17H,6-7H2,1H3;2-9,17H,1H3. The van der Waals surface area contributed by atoms with E-state index in [2.05, 4.69) is 19.2 Å². The summed E-state index contributed by atoms with van der Waals surface area (Å²) in [4.78, 5) is 4.69. The van der Waals surface area contributed by atoms with Crippen molar-refractivity contribution in [2.75, 3.05) is 42.1 Å². The Kier molecular flexibility index (Phi) is 15.8. The van der Waals surface area contributed by atoms with Crippen LogP contribution in [0.15, 0.2) is 171 Å². The van der Waals surface area contributed by atoms with Crippen LogP contribution in [-0.4, -0.2) is 58.2 Å². The Morgan fingerprint density at radius 3 is 1.54 bits per heavy atom. The van der Waals surface area contributed by atoms with Gasteiger partial charge in [-0.2, -0.15) is 0 Å². The number of hydrogen-bond acceptors (Lipinski definition) is 12. The molecule has 0 aliphatic carbocycles. The average Bonchev–Trinajstić information content (AvgIpc) is 4.02. The van der Waals surface area contributed by atoms with Gasteiger partial charge in [-0.15, -0.1) is 0 Å². The zero-order chi connectivity index (χ0) is 49.3. The Hall–Kier alpha value is -6.67. The number of furan rings is 1. The molecule has 3 heterocycles. The highest BCUT2D eigenvalue weighted by Gasteiger charge is 2.22. The van der Waals surface area contributed by atoms with Gasteiger partial charge >= 0.3 is 0 Å². The molecule has 9 rings (SSSR count). The zero-order valence-corrected chi connectivity index (χ0v) is 41.4. The van der Waals surface area contributed by atoms with Crippen LogP contribution in [0.4, 0.5) is 17.1 Å². The first-order chi connectivity index (χ1) is 33.0. The topological polar surface area (TPSA) is 201 Å². The number of fused-ring (bicyclic) bond motifs is 2. The van der Waals surface area contributed by atoms with E-state index < -0.39 is 30.1 Å². The lowest BCUT2D eigenvalue weighted by atomic mass is 10.1. The first kappa shape index (κ1) is 50.2. The predicted octanol–water partition coefficient (Wildman–Crippen LogP) is 11.2. The van der Waals surface area contributed by atoms with Gasteiger partial charge in [0.25, 0.3) is 30.1 Å². The highest BCUT2D eigenvalue weighted by molar-refractivity contribution is 7.93. The second-order valence-corrected chi connectivity index (χ2v) is 20.9. The number of methoxy groups -OCH3 is 3. The molecule has 0 fully saturated rings. The summed E-state index contributed by atoms with van der Waals surface area (Å²) in [6.45, 7) is 0.578. The van der Waals surface area contributed by atoms with E-state index in [1.54, 1.807) is 79.0 Å². The van der Waals surface area contributed by atoms with Crippen molar-refractivity contribution in [2.45, 2.75) is 21.1 Å². The summed E-state index contributed by atoms with van der Waals surface area (Å²) >= 11 is 17.8. The molecule has 3 N–H and O–H groups in total. The van der Waals surface area contributed by atoms with Crippen LogP contribution >= 0.6 is 34.8 Å². The summed E-state index contributed by atoms with van der Waals surface area (Å²) in [6, 6.07) is 37.4. The number of rotatable bonds is 13. The van der Waals surface area contributed by atoms with Crippen LogP contribution in [0.1, 0.15) is 5.56 Å². The van der Waals surface area contributed by atoms with E-state index in [-0.39, 0.29) is 26.1 Å². The highest BCUT2D eigenvalue weighted by Crippen LogP contribution is 2.34. The summed E-state index contributed by atoms with van der Waals surface area (Å²) in [5, 5.41) is 1.94. The number of aromatic nitrogens is 1. The van der Waals surface area contributed by atoms with Gasteiger partial charge in [0.05, 0.1) is 71.6 Å². The number of nitrogens with zero attached hydrogens (tertiary/aromatic N) is 1. The Morgan fingerprint density at radius 2 is 1.03 bits per heavy atom. The molecule has 0 radical (unpaired) electrons. The minimum atomic E-state index is -3.77. The monoisotopic (exact) mass is 1050 g/mol. The molecule has 1 aliphatic rings. The largest absolute Gasteiger partial charge is 0.495 e. The molecular formula is C48H41Cl3N4O11S3. The molecule has 0 spiro atoms. The maximum Gasteiger partial charge on any atom is 0.262 e. The van der Waals surface area contributed by atoms with Crippen LogP contribution in [0.5, 0.6) is 23.0 Å². The third-order valence-corrected chi connectivity index (χ3v) is 14.9. The summed E-state index contributed by atoms with van der Waals surface area (Å²) < 4.78 is 109. The number of hydrogen-bond donors (Lipinski definition) is 3. The summed E-state index contributed by atoms with van der Waals surface area (Å²) in [5.74, 6) is 1.91. The zero-order valence-electron chi connectivity index (χ0n) is 36.6. The maximum atomic E-state index is 12.6. The molecule has 2 aromatic heterocycles. The number of benzene rings is 6. The van der Waals surface area contributed by atoms with E-state index in [1.807, 2.05) is 18.2 Å². The van der Waals surface area contributed by atoms with Crippen molar-refractivity contribution in [3.8, 4) is 34.3 Å². The highest BCUT2D eigenvalue weighted by atomic mass is 35.5.